The second-order valence-corrected chi connectivity index (χ2v) is 7.75. The highest BCUT2D eigenvalue weighted by Gasteiger charge is 2.28. The molecular formula is C19H24Cl2N2O4. The van der Waals surface area contributed by atoms with Gasteiger partial charge in [-0.25, -0.2) is 0 Å². The average molecular weight is 415 g/mol. The predicted octanol–water partition coefficient (Wildman–Crippen LogP) is 3.21. The van der Waals surface area contributed by atoms with Gasteiger partial charge >= 0.3 is 5.97 Å². The van der Waals surface area contributed by atoms with E-state index < -0.39 is 11.9 Å². The summed E-state index contributed by atoms with van der Waals surface area (Å²) in [5.41, 5.74) is 0.201. The molecule has 2 N–H and O–H groups in total. The molecule has 1 aliphatic rings. The molecule has 1 aromatic rings. The van der Waals surface area contributed by atoms with E-state index in [2.05, 4.69) is 24.5 Å². The minimum atomic E-state index is -0.700. The number of carbonyl (C=O) groups is 3. The summed E-state index contributed by atoms with van der Waals surface area (Å²) in [6.07, 6.45) is 3.18. The third-order valence-electron chi connectivity index (χ3n) is 4.99. The lowest BCUT2D eigenvalue weighted by atomic mass is 9.78. The number of esters is 1. The minimum absolute atomic E-state index is 0.103. The molecule has 0 radical (unpaired) electrons. The van der Waals surface area contributed by atoms with Gasteiger partial charge in [0, 0.05) is 11.1 Å². The lowest BCUT2D eigenvalue weighted by molar-refractivity contribution is -0.147. The first-order chi connectivity index (χ1) is 12.8. The number of benzene rings is 1. The molecule has 148 valence electrons. The van der Waals surface area contributed by atoms with Crippen LogP contribution in [-0.2, 0) is 14.3 Å². The van der Waals surface area contributed by atoms with Crippen LogP contribution in [0.4, 0.5) is 0 Å². The van der Waals surface area contributed by atoms with Crippen LogP contribution in [0.3, 0.4) is 0 Å². The number of halogens is 2. The summed E-state index contributed by atoms with van der Waals surface area (Å²) >= 11 is 11.7. The number of nitrogens with one attached hydrogen (secondary N) is 2. The standard InChI is InChI=1S/C19H24Cl2N2O4/c1-11-4-3-5-16(12(11)2)23-17(24)10-27-18(25)9-22-19(26)14-7-6-13(20)8-15(14)21/h6-8,11-12,16H,3-5,9-10H2,1-2H3,(H,22,26)(H,23,24)/t11-,12+,16+/m0/s1. The number of carbonyl (C=O) groups excluding carboxylic acids is 3. The summed E-state index contributed by atoms with van der Waals surface area (Å²) in [4.78, 5) is 35.8. The smallest absolute Gasteiger partial charge is 0.325 e. The first-order valence-corrected chi connectivity index (χ1v) is 9.71. The highest BCUT2D eigenvalue weighted by Crippen LogP contribution is 2.29. The van der Waals surface area contributed by atoms with Crippen LogP contribution in [0.1, 0.15) is 43.5 Å². The highest BCUT2D eigenvalue weighted by atomic mass is 35.5. The average Bonchev–Trinajstić information content (AvgIpc) is 2.62. The molecule has 1 fully saturated rings. The van der Waals surface area contributed by atoms with Crippen molar-refractivity contribution in [3.05, 3.63) is 33.8 Å². The maximum absolute atomic E-state index is 12.0. The number of rotatable bonds is 6. The fraction of sp³-hybridized carbons (Fsp3) is 0.526. The van der Waals surface area contributed by atoms with Crippen molar-refractivity contribution in [3.63, 3.8) is 0 Å². The summed E-state index contributed by atoms with van der Waals surface area (Å²) in [7, 11) is 0. The molecule has 0 spiro atoms. The first kappa shape index (κ1) is 21.5. The van der Waals surface area contributed by atoms with Crippen LogP contribution in [0.15, 0.2) is 18.2 Å². The Morgan fingerprint density at radius 3 is 2.63 bits per heavy atom. The van der Waals surface area contributed by atoms with Crippen molar-refractivity contribution in [2.75, 3.05) is 13.2 Å². The van der Waals surface area contributed by atoms with Crippen LogP contribution < -0.4 is 10.6 Å². The number of amides is 2. The monoisotopic (exact) mass is 414 g/mol. The molecule has 0 heterocycles. The lowest BCUT2D eigenvalue weighted by Crippen LogP contribution is -2.45. The molecule has 0 aliphatic heterocycles. The molecule has 0 unspecified atom stereocenters. The lowest BCUT2D eigenvalue weighted by Gasteiger charge is -2.34. The molecule has 2 rings (SSSR count). The van der Waals surface area contributed by atoms with Gasteiger partial charge in [-0.15, -0.1) is 0 Å². The van der Waals surface area contributed by atoms with Crippen LogP contribution in [0.2, 0.25) is 10.0 Å². The van der Waals surface area contributed by atoms with Gasteiger partial charge in [0.05, 0.1) is 10.6 Å². The quantitative estimate of drug-likeness (QED) is 0.699. The molecule has 1 aromatic carbocycles. The van der Waals surface area contributed by atoms with E-state index in [9.17, 15) is 14.4 Å². The summed E-state index contributed by atoms with van der Waals surface area (Å²) in [6.45, 7) is 3.58. The van der Waals surface area contributed by atoms with E-state index in [4.69, 9.17) is 27.9 Å². The Balaban J connectivity index is 1.72. The first-order valence-electron chi connectivity index (χ1n) is 8.96. The van der Waals surface area contributed by atoms with Crippen molar-refractivity contribution in [2.45, 2.75) is 39.2 Å². The van der Waals surface area contributed by atoms with Crippen molar-refractivity contribution >= 4 is 41.0 Å². The Labute approximate surface area is 168 Å². The summed E-state index contributed by atoms with van der Waals surface area (Å²) < 4.78 is 4.92. The van der Waals surface area contributed by atoms with Gasteiger partial charge in [0.15, 0.2) is 6.61 Å². The van der Waals surface area contributed by atoms with Crippen LogP contribution in [0, 0.1) is 11.8 Å². The Hall–Kier alpha value is -1.79. The normalized spacial score (nSPS) is 22.0. The Kier molecular flexibility index (Phi) is 7.92. The fourth-order valence-corrected chi connectivity index (χ4v) is 3.65. The molecule has 8 heteroatoms. The SMILES string of the molecule is C[C@@H]1[C@@H](C)CCC[C@H]1NC(=O)COC(=O)CNC(=O)c1ccc(Cl)cc1Cl. The van der Waals surface area contributed by atoms with Crippen molar-refractivity contribution < 1.29 is 19.1 Å². The highest BCUT2D eigenvalue weighted by molar-refractivity contribution is 6.36. The van der Waals surface area contributed by atoms with E-state index in [0.717, 1.165) is 12.8 Å². The molecule has 0 aromatic heterocycles. The maximum Gasteiger partial charge on any atom is 0.325 e. The van der Waals surface area contributed by atoms with E-state index in [-0.39, 0.29) is 35.7 Å². The van der Waals surface area contributed by atoms with Crippen molar-refractivity contribution in [1.29, 1.82) is 0 Å². The minimum Gasteiger partial charge on any atom is -0.454 e. The molecule has 3 atom stereocenters. The van der Waals surface area contributed by atoms with Gasteiger partial charge in [0.1, 0.15) is 6.54 Å². The summed E-state index contributed by atoms with van der Waals surface area (Å²) in [6, 6.07) is 4.53. The second kappa shape index (κ2) is 9.95. The van der Waals surface area contributed by atoms with E-state index in [1.807, 2.05) is 0 Å². The zero-order chi connectivity index (χ0) is 20.0. The van der Waals surface area contributed by atoms with Crippen molar-refractivity contribution in [2.24, 2.45) is 11.8 Å². The molecule has 6 nitrogen and oxygen atoms in total. The topological polar surface area (TPSA) is 84.5 Å². The third-order valence-corrected chi connectivity index (χ3v) is 5.53. The Morgan fingerprint density at radius 2 is 1.93 bits per heavy atom. The van der Waals surface area contributed by atoms with Crippen molar-refractivity contribution in [3.8, 4) is 0 Å². The molecule has 27 heavy (non-hydrogen) atoms. The number of hydrogen-bond acceptors (Lipinski definition) is 4. The summed E-state index contributed by atoms with van der Waals surface area (Å²) in [5.74, 6) is -0.610. The predicted molar refractivity (Wildman–Crippen MR) is 104 cm³/mol. The zero-order valence-corrected chi connectivity index (χ0v) is 16.9. The van der Waals surface area contributed by atoms with E-state index in [0.29, 0.717) is 16.9 Å². The molecule has 2 amide bonds. The number of ether oxygens (including phenoxy) is 1. The van der Waals surface area contributed by atoms with Gasteiger partial charge in [0.25, 0.3) is 11.8 Å². The van der Waals surface area contributed by atoms with Crippen LogP contribution >= 0.6 is 23.2 Å². The zero-order valence-electron chi connectivity index (χ0n) is 15.4. The molecular weight excluding hydrogens is 391 g/mol. The fourth-order valence-electron chi connectivity index (χ4n) is 3.15. The van der Waals surface area contributed by atoms with Crippen LogP contribution in [0.5, 0.6) is 0 Å². The van der Waals surface area contributed by atoms with E-state index in [1.54, 1.807) is 0 Å². The van der Waals surface area contributed by atoms with Gasteiger partial charge in [-0.05, 0) is 36.5 Å². The summed E-state index contributed by atoms with van der Waals surface area (Å²) in [5, 5.41) is 5.92. The molecule has 0 saturated heterocycles. The van der Waals surface area contributed by atoms with E-state index in [1.165, 1.54) is 24.6 Å². The van der Waals surface area contributed by atoms with Gasteiger partial charge in [-0.2, -0.15) is 0 Å². The van der Waals surface area contributed by atoms with Gasteiger partial charge in [0.2, 0.25) is 0 Å². The largest absolute Gasteiger partial charge is 0.454 e. The molecule has 1 saturated carbocycles. The maximum atomic E-state index is 12.0. The Morgan fingerprint density at radius 1 is 1.19 bits per heavy atom. The van der Waals surface area contributed by atoms with Crippen LogP contribution in [0.25, 0.3) is 0 Å². The van der Waals surface area contributed by atoms with Crippen LogP contribution in [-0.4, -0.2) is 37.0 Å². The van der Waals surface area contributed by atoms with Gasteiger partial charge in [-0.3, -0.25) is 14.4 Å². The van der Waals surface area contributed by atoms with Crippen molar-refractivity contribution in [1.82, 2.24) is 10.6 Å². The number of hydrogen-bond donors (Lipinski definition) is 2. The second-order valence-electron chi connectivity index (χ2n) is 6.91. The van der Waals surface area contributed by atoms with E-state index >= 15 is 0 Å². The van der Waals surface area contributed by atoms with Gasteiger partial charge in [-0.1, -0.05) is 49.9 Å². The molecule has 1 aliphatic carbocycles. The Bertz CT molecular complexity index is 711. The molecule has 0 bridgehead atoms. The third kappa shape index (κ3) is 6.40. The van der Waals surface area contributed by atoms with Gasteiger partial charge < -0.3 is 15.4 Å².